The lowest BCUT2D eigenvalue weighted by atomic mass is 10.2. The van der Waals surface area contributed by atoms with Crippen molar-refractivity contribution in [1.29, 1.82) is 0 Å². The van der Waals surface area contributed by atoms with Crippen LogP contribution in [0.2, 0.25) is 0 Å². The van der Waals surface area contributed by atoms with Gasteiger partial charge in [-0.25, -0.2) is 4.79 Å². The van der Waals surface area contributed by atoms with E-state index < -0.39 is 5.97 Å². The van der Waals surface area contributed by atoms with Crippen LogP contribution >= 0.6 is 11.5 Å². The molecule has 0 aromatic carbocycles. The molecule has 0 aliphatic rings. The number of pyridine rings is 1. The van der Waals surface area contributed by atoms with Gasteiger partial charge in [-0.2, -0.15) is 0 Å². The zero-order chi connectivity index (χ0) is 13.5. The third-order valence-corrected chi connectivity index (χ3v) is 3.01. The number of ether oxygens (including phenoxy) is 1. The number of aromatic nitrogens is 3. The average molecular weight is 273 g/mol. The van der Waals surface area contributed by atoms with Gasteiger partial charge in [0.1, 0.15) is 5.69 Å². The van der Waals surface area contributed by atoms with Gasteiger partial charge in [-0.15, -0.1) is 17.4 Å². The monoisotopic (exact) mass is 273 g/mol. The van der Waals surface area contributed by atoms with Gasteiger partial charge in [-0.1, -0.05) is 4.49 Å². The molecule has 2 heterocycles. The summed E-state index contributed by atoms with van der Waals surface area (Å²) in [4.78, 5) is 16.3. The Kier molecular flexibility index (Phi) is 4.59. The first kappa shape index (κ1) is 13.2. The molecule has 0 unspecified atom stereocenters. The number of rotatable bonds is 5. The van der Waals surface area contributed by atoms with Crippen LogP contribution < -0.4 is 0 Å². The topological polar surface area (TPSA) is 65.0 Å². The summed E-state index contributed by atoms with van der Waals surface area (Å²) in [7, 11) is 0. The molecule has 6 heteroatoms. The Morgan fingerprint density at radius 3 is 3.16 bits per heavy atom. The molecule has 0 aliphatic carbocycles. The Bertz CT molecular complexity index is 589. The molecule has 0 spiro atoms. The summed E-state index contributed by atoms with van der Waals surface area (Å²) in [6.07, 6.45) is 9.65. The number of carbonyl (C=O) groups is 1. The predicted molar refractivity (Wildman–Crippen MR) is 71.5 cm³/mol. The Morgan fingerprint density at radius 1 is 1.53 bits per heavy atom. The molecule has 96 valence electrons. The Hall–Kier alpha value is -2.26. The summed E-state index contributed by atoms with van der Waals surface area (Å²) in [5, 5.41) is 3.95. The van der Waals surface area contributed by atoms with Gasteiger partial charge in [0, 0.05) is 24.4 Å². The predicted octanol–water partition coefficient (Wildman–Crippen LogP) is 2.17. The maximum atomic E-state index is 11.9. The van der Waals surface area contributed by atoms with Crippen LogP contribution in [0.15, 0.2) is 24.5 Å². The van der Waals surface area contributed by atoms with Gasteiger partial charge in [-0.05, 0) is 30.1 Å². The fourth-order valence-corrected chi connectivity index (χ4v) is 2.00. The van der Waals surface area contributed by atoms with E-state index in [1.807, 2.05) is 6.07 Å². The second-order valence-electron chi connectivity index (χ2n) is 3.64. The Labute approximate surface area is 114 Å². The zero-order valence-corrected chi connectivity index (χ0v) is 10.9. The fraction of sp³-hybridized carbons (Fsp3) is 0.231. The summed E-state index contributed by atoms with van der Waals surface area (Å²) in [5.41, 5.74) is 1.24. The van der Waals surface area contributed by atoms with Crippen molar-refractivity contribution in [2.45, 2.75) is 12.8 Å². The van der Waals surface area contributed by atoms with Crippen LogP contribution in [0, 0.1) is 12.3 Å². The molecule has 2 aromatic rings. The molecule has 0 amide bonds. The summed E-state index contributed by atoms with van der Waals surface area (Å²) < 4.78 is 8.92. The molecule has 5 nitrogen and oxygen atoms in total. The van der Waals surface area contributed by atoms with Gasteiger partial charge >= 0.3 is 5.97 Å². The van der Waals surface area contributed by atoms with Crippen LogP contribution in [0.3, 0.4) is 0 Å². The molecular formula is C13H11N3O2S. The van der Waals surface area contributed by atoms with Crippen LogP contribution in [0.5, 0.6) is 0 Å². The molecule has 0 fully saturated rings. The van der Waals surface area contributed by atoms with Gasteiger partial charge in [0.05, 0.1) is 6.61 Å². The summed E-state index contributed by atoms with van der Waals surface area (Å²) in [5.74, 6) is 2.07. The lowest BCUT2D eigenvalue weighted by Gasteiger charge is -2.02. The Balaban J connectivity index is 2.08. The highest BCUT2D eigenvalue weighted by Crippen LogP contribution is 2.23. The second-order valence-corrected chi connectivity index (χ2v) is 4.39. The molecule has 0 atom stereocenters. The average Bonchev–Trinajstić information content (AvgIpc) is 2.94. The number of esters is 1. The third kappa shape index (κ3) is 3.36. The first-order valence-electron chi connectivity index (χ1n) is 5.66. The molecular weight excluding hydrogens is 262 g/mol. The van der Waals surface area contributed by atoms with Crippen LogP contribution in [0.25, 0.3) is 11.3 Å². The molecule has 0 saturated heterocycles. The highest BCUT2D eigenvalue weighted by Gasteiger charge is 2.19. The number of terminal acetylenes is 1. The van der Waals surface area contributed by atoms with Crippen molar-refractivity contribution in [3.05, 3.63) is 29.4 Å². The van der Waals surface area contributed by atoms with Gasteiger partial charge < -0.3 is 4.74 Å². The minimum atomic E-state index is -0.425. The molecule has 0 radical (unpaired) electrons. The summed E-state index contributed by atoms with van der Waals surface area (Å²) in [6.45, 7) is 0.299. The standard InChI is InChI=1S/C13H11N3O2S/c1-2-3-4-8-18-13(17)12-11(15-16-19-12)10-6-5-7-14-9-10/h1,5-7,9H,3-4,8H2. The molecule has 0 bridgehead atoms. The van der Waals surface area contributed by atoms with Crippen LogP contribution in [-0.2, 0) is 4.74 Å². The van der Waals surface area contributed by atoms with Gasteiger partial charge in [0.15, 0.2) is 4.88 Å². The van der Waals surface area contributed by atoms with Crippen molar-refractivity contribution in [2.24, 2.45) is 0 Å². The molecule has 0 saturated carbocycles. The third-order valence-electron chi connectivity index (χ3n) is 2.31. The minimum Gasteiger partial charge on any atom is -0.461 e. The number of hydrogen-bond acceptors (Lipinski definition) is 6. The van der Waals surface area contributed by atoms with E-state index in [4.69, 9.17) is 11.2 Å². The first-order valence-corrected chi connectivity index (χ1v) is 6.43. The Morgan fingerprint density at radius 2 is 2.42 bits per heavy atom. The van der Waals surface area contributed by atoms with Crippen molar-refractivity contribution in [2.75, 3.05) is 6.61 Å². The first-order chi connectivity index (χ1) is 9.33. The zero-order valence-electron chi connectivity index (χ0n) is 10.1. The SMILES string of the molecule is C#CCCCOC(=O)c1snnc1-c1cccnc1. The molecule has 0 N–H and O–H groups in total. The quantitative estimate of drug-likeness (QED) is 0.474. The molecule has 0 aliphatic heterocycles. The maximum Gasteiger partial charge on any atom is 0.352 e. The molecule has 19 heavy (non-hydrogen) atoms. The van der Waals surface area contributed by atoms with Gasteiger partial charge in [0.2, 0.25) is 0 Å². The minimum absolute atomic E-state index is 0.299. The lowest BCUT2D eigenvalue weighted by Crippen LogP contribution is -2.06. The van der Waals surface area contributed by atoms with Crippen LogP contribution in [0.1, 0.15) is 22.5 Å². The second kappa shape index (κ2) is 6.61. The molecule has 2 aromatic heterocycles. The van der Waals surface area contributed by atoms with E-state index in [1.165, 1.54) is 0 Å². The van der Waals surface area contributed by atoms with Crippen molar-refractivity contribution in [3.8, 4) is 23.6 Å². The van der Waals surface area contributed by atoms with Crippen molar-refractivity contribution in [3.63, 3.8) is 0 Å². The highest BCUT2D eigenvalue weighted by atomic mass is 32.1. The number of unbranched alkanes of at least 4 members (excludes halogenated alkanes) is 1. The van der Waals surface area contributed by atoms with E-state index >= 15 is 0 Å². The van der Waals surface area contributed by atoms with Crippen LogP contribution in [-0.4, -0.2) is 27.1 Å². The van der Waals surface area contributed by atoms with Crippen molar-refractivity contribution >= 4 is 17.5 Å². The number of nitrogens with zero attached hydrogens (tertiary/aromatic N) is 3. The summed E-state index contributed by atoms with van der Waals surface area (Å²) in [6, 6.07) is 3.59. The van der Waals surface area contributed by atoms with Gasteiger partial charge in [0.25, 0.3) is 0 Å². The number of hydrogen-bond donors (Lipinski definition) is 0. The van der Waals surface area contributed by atoms with E-state index in [1.54, 1.807) is 18.5 Å². The summed E-state index contributed by atoms with van der Waals surface area (Å²) >= 11 is 1.01. The largest absolute Gasteiger partial charge is 0.461 e. The lowest BCUT2D eigenvalue weighted by molar-refractivity contribution is 0.0508. The van der Waals surface area contributed by atoms with Gasteiger partial charge in [-0.3, -0.25) is 4.98 Å². The highest BCUT2D eigenvalue weighted by molar-refractivity contribution is 7.08. The number of carbonyl (C=O) groups excluding carboxylic acids is 1. The van der Waals surface area contributed by atoms with E-state index in [-0.39, 0.29) is 0 Å². The molecule has 2 rings (SSSR count). The van der Waals surface area contributed by atoms with Crippen molar-refractivity contribution in [1.82, 2.24) is 14.6 Å². The van der Waals surface area contributed by atoms with E-state index in [0.717, 1.165) is 17.1 Å². The van der Waals surface area contributed by atoms with E-state index in [0.29, 0.717) is 30.0 Å². The van der Waals surface area contributed by atoms with E-state index in [9.17, 15) is 4.79 Å². The normalized spacial score (nSPS) is 9.84. The fourth-order valence-electron chi connectivity index (χ4n) is 1.42. The maximum absolute atomic E-state index is 11.9. The van der Waals surface area contributed by atoms with E-state index in [2.05, 4.69) is 20.5 Å². The smallest absolute Gasteiger partial charge is 0.352 e. The van der Waals surface area contributed by atoms with Crippen LogP contribution in [0.4, 0.5) is 0 Å². The van der Waals surface area contributed by atoms with Crippen molar-refractivity contribution < 1.29 is 9.53 Å².